The maximum absolute atomic E-state index is 13.2. The molecule has 0 aliphatic carbocycles. The summed E-state index contributed by atoms with van der Waals surface area (Å²) >= 11 is 0. The normalized spacial score (nSPS) is 15.4. The molecule has 3 aromatic rings. The van der Waals surface area contributed by atoms with Crippen molar-refractivity contribution in [3.05, 3.63) is 65.6 Å². The Morgan fingerprint density at radius 3 is 2.61 bits per heavy atom. The van der Waals surface area contributed by atoms with E-state index in [0.717, 1.165) is 12.8 Å². The van der Waals surface area contributed by atoms with Gasteiger partial charge in [-0.2, -0.15) is 20.3 Å². The van der Waals surface area contributed by atoms with Crippen LogP contribution >= 0.6 is 0 Å². The number of carbonyl (C=O) groups is 1. The molecule has 9 heteroatoms. The Morgan fingerprint density at radius 2 is 1.91 bits per heavy atom. The highest BCUT2D eigenvalue weighted by atomic mass is 16.5. The number of aliphatic hydroxyl groups excluding tert-OH is 1. The van der Waals surface area contributed by atoms with Gasteiger partial charge in [-0.05, 0) is 51.8 Å². The first-order valence-electron chi connectivity index (χ1n) is 10.9. The predicted octanol–water partition coefficient (Wildman–Crippen LogP) is 2.91. The van der Waals surface area contributed by atoms with Gasteiger partial charge in [-0.25, -0.2) is 4.98 Å². The minimum atomic E-state index is -0.178. The number of pyridine rings is 1. The Labute approximate surface area is 193 Å². The highest BCUT2D eigenvalue weighted by Gasteiger charge is 2.28. The van der Waals surface area contributed by atoms with E-state index in [1.807, 2.05) is 25.1 Å². The second kappa shape index (κ2) is 11.2. The van der Waals surface area contributed by atoms with Gasteiger partial charge >= 0.3 is 0 Å². The number of amides is 1. The number of hydrogen-bond acceptors (Lipinski definition) is 7. The maximum atomic E-state index is 13.2. The van der Waals surface area contributed by atoms with E-state index in [9.17, 15) is 10.1 Å². The third-order valence-electron chi connectivity index (χ3n) is 4.99. The van der Waals surface area contributed by atoms with Crippen molar-refractivity contribution in [2.45, 2.75) is 45.8 Å². The molecule has 1 aliphatic rings. The zero-order valence-corrected chi connectivity index (χ0v) is 19.0. The van der Waals surface area contributed by atoms with Crippen LogP contribution in [0, 0.1) is 18.3 Å². The van der Waals surface area contributed by atoms with Crippen molar-refractivity contribution in [2.75, 3.05) is 13.1 Å². The molecule has 1 amide bonds. The number of ether oxygens (including phenoxy) is 1. The van der Waals surface area contributed by atoms with Gasteiger partial charge < -0.3 is 14.7 Å². The zero-order valence-electron chi connectivity index (χ0n) is 19.0. The molecule has 1 N–H and O–H groups in total. The minimum Gasteiger partial charge on any atom is -0.472 e. The Kier molecular flexibility index (Phi) is 8.11. The van der Waals surface area contributed by atoms with Gasteiger partial charge in [0.2, 0.25) is 5.88 Å². The maximum Gasteiger partial charge on any atom is 0.256 e. The van der Waals surface area contributed by atoms with Crippen molar-refractivity contribution >= 4 is 5.91 Å². The molecular weight excluding hydrogens is 420 g/mol. The first kappa shape index (κ1) is 23.9. The number of likely N-dealkylation sites (tertiary alicyclic amines) is 1. The lowest BCUT2D eigenvalue weighted by molar-refractivity contribution is 0.0526. The number of benzene rings is 1. The quantitative estimate of drug-likeness (QED) is 0.652. The van der Waals surface area contributed by atoms with Crippen molar-refractivity contribution in [1.29, 1.82) is 5.26 Å². The lowest BCUT2D eigenvalue weighted by Crippen LogP contribution is -2.44. The molecule has 1 fully saturated rings. The summed E-state index contributed by atoms with van der Waals surface area (Å²) in [4.78, 5) is 20.7. The van der Waals surface area contributed by atoms with Gasteiger partial charge in [0.25, 0.3) is 5.91 Å². The monoisotopic (exact) mass is 448 g/mol. The third-order valence-corrected chi connectivity index (χ3v) is 4.99. The van der Waals surface area contributed by atoms with Crippen LogP contribution in [0.4, 0.5) is 0 Å². The number of aliphatic hydroxyl groups is 1. The second-order valence-corrected chi connectivity index (χ2v) is 7.96. The molecule has 4 rings (SSSR count). The largest absolute Gasteiger partial charge is 0.472 e. The first-order chi connectivity index (χ1) is 15.9. The number of aromatic nitrogens is 4. The van der Waals surface area contributed by atoms with Crippen LogP contribution in [0.3, 0.4) is 0 Å². The number of para-hydroxylation sites is 1. The fraction of sp³-hybridized carbons (Fsp3) is 0.375. The number of nitriles is 1. The third kappa shape index (κ3) is 6.14. The summed E-state index contributed by atoms with van der Waals surface area (Å²) in [6.07, 6.45) is 6.04. The molecule has 1 unspecified atom stereocenters. The van der Waals surface area contributed by atoms with Crippen LogP contribution in [0.25, 0.3) is 5.69 Å². The van der Waals surface area contributed by atoms with Gasteiger partial charge in [0.15, 0.2) is 0 Å². The van der Waals surface area contributed by atoms with E-state index in [4.69, 9.17) is 9.84 Å². The Hall–Kier alpha value is -3.77. The molecular formula is C24H28N6O3. The molecule has 0 saturated carbocycles. The fourth-order valence-corrected chi connectivity index (χ4v) is 3.47. The lowest BCUT2D eigenvalue weighted by atomic mass is 10.1. The van der Waals surface area contributed by atoms with Crippen LogP contribution in [-0.4, -0.2) is 61.2 Å². The van der Waals surface area contributed by atoms with Gasteiger partial charge in [0.1, 0.15) is 6.10 Å². The van der Waals surface area contributed by atoms with Crippen molar-refractivity contribution in [2.24, 2.45) is 0 Å². The summed E-state index contributed by atoms with van der Waals surface area (Å²) in [5.41, 5.74) is 2.45. The Bertz CT molecular complexity index is 1100. The summed E-state index contributed by atoms with van der Waals surface area (Å²) in [5.74, 6) is 0.367. The molecule has 172 valence electrons. The van der Waals surface area contributed by atoms with Crippen molar-refractivity contribution in [3.63, 3.8) is 0 Å². The standard InChI is InChI=1S/C21H20N6O2.C3H8O/c1-15-16(13-22)8-9-23-20(15)29-17-5-4-12-26(14-17)21(28)18-6-2-3-7-19(18)27-24-10-11-25-27;1-3(2)4/h2-3,6-11,17H,4-5,12,14H2,1H3;3-4H,1-2H3. The fourth-order valence-electron chi connectivity index (χ4n) is 3.47. The highest BCUT2D eigenvalue weighted by molar-refractivity contribution is 5.97. The topological polar surface area (TPSA) is 117 Å². The van der Waals surface area contributed by atoms with E-state index in [2.05, 4.69) is 21.3 Å². The molecule has 1 atom stereocenters. The van der Waals surface area contributed by atoms with Crippen molar-refractivity contribution < 1.29 is 14.6 Å². The van der Waals surface area contributed by atoms with E-state index in [1.54, 1.807) is 49.5 Å². The highest BCUT2D eigenvalue weighted by Crippen LogP contribution is 2.24. The molecule has 1 aromatic carbocycles. The van der Waals surface area contributed by atoms with Crippen molar-refractivity contribution in [3.8, 4) is 17.6 Å². The van der Waals surface area contributed by atoms with E-state index < -0.39 is 0 Å². The van der Waals surface area contributed by atoms with Crippen molar-refractivity contribution in [1.82, 2.24) is 24.9 Å². The van der Waals surface area contributed by atoms with Crippen LogP contribution < -0.4 is 4.74 Å². The number of nitrogens with zero attached hydrogens (tertiary/aromatic N) is 6. The predicted molar refractivity (Wildman–Crippen MR) is 122 cm³/mol. The molecule has 2 aromatic heterocycles. The first-order valence-corrected chi connectivity index (χ1v) is 10.9. The molecule has 3 heterocycles. The summed E-state index contributed by atoms with van der Waals surface area (Å²) < 4.78 is 6.06. The second-order valence-electron chi connectivity index (χ2n) is 7.96. The number of hydrogen-bond donors (Lipinski definition) is 1. The van der Waals surface area contributed by atoms with Crippen LogP contribution in [0.5, 0.6) is 5.88 Å². The number of piperidine rings is 1. The molecule has 9 nitrogen and oxygen atoms in total. The Morgan fingerprint density at radius 1 is 1.21 bits per heavy atom. The van der Waals surface area contributed by atoms with Gasteiger partial charge in [-0.3, -0.25) is 4.79 Å². The summed E-state index contributed by atoms with van der Waals surface area (Å²) in [5, 5.41) is 25.5. The van der Waals surface area contributed by atoms with E-state index in [1.165, 1.54) is 4.80 Å². The van der Waals surface area contributed by atoms with E-state index in [-0.39, 0.29) is 18.1 Å². The average molecular weight is 449 g/mol. The van der Waals surface area contributed by atoms with Gasteiger partial charge in [0, 0.05) is 24.4 Å². The van der Waals surface area contributed by atoms with Crippen LogP contribution in [0.1, 0.15) is 48.2 Å². The van der Waals surface area contributed by atoms with Gasteiger partial charge in [0.05, 0.1) is 41.8 Å². The smallest absolute Gasteiger partial charge is 0.256 e. The molecule has 33 heavy (non-hydrogen) atoms. The molecule has 0 spiro atoms. The van der Waals surface area contributed by atoms with E-state index in [0.29, 0.717) is 41.3 Å². The summed E-state index contributed by atoms with van der Waals surface area (Å²) in [7, 11) is 0. The molecule has 0 radical (unpaired) electrons. The summed E-state index contributed by atoms with van der Waals surface area (Å²) in [6.45, 7) is 6.38. The van der Waals surface area contributed by atoms with Gasteiger partial charge in [-0.15, -0.1) is 0 Å². The number of rotatable bonds is 4. The van der Waals surface area contributed by atoms with E-state index >= 15 is 0 Å². The lowest BCUT2D eigenvalue weighted by Gasteiger charge is -2.33. The summed E-state index contributed by atoms with van der Waals surface area (Å²) in [6, 6.07) is 11.1. The SMILES string of the molecule is CC(C)O.Cc1c(C#N)ccnc1OC1CCCN(C(=O)c2ccccc2-n2nccn2)C1. The molecule has 1 saturated heterocycles. The molecule has 1 aliphatic heterocycles. The van der Waals surface area contributed by atoms with Crippen LogP contribution in [0.15, 0.2) is 48.9 Å². The number of carbonyl (C=O) groups excluding carboxylic acids is 1. The Balaban J connectivity index is 0.000000709. The minimum absolute atomic E-state index is 0.0818. The molecule has 0 bridgehead atoms. The average Bonchev–Trinajstić information content (AvgIpc) is 3.35. The van der Waals surface area contributed by atoms with Crippen LogP contribution in [-0.2, 0) is 0 Å². The van der Waals surface area contributed by atoms with Crippen LogP contribution in [0.2, 0.25) is 0 Å². The van der Waals surface area contributed by atoms with Gasteiger partial charge in [-0.1, -0.05) is 12.1 Å². The zero-order chi connectivity index (χ0) is 23.8.